The number of nitrogens with one attached hydrogen (secondary N) is 2. The first-order chi connectivity index (χ1) is 12.6. The third-order valence-electron chi connectivity index (χ3n) is 4.56. The number of benzene rings is 2. The SMILES string of the molecule is Cc1ccc(C)c(SCc2cccc(C(=O)NCC3=CCNCC3)c2)c1. The minimum Gasteiger partial charge on any atom is -0.348 e. The second-order valence-electron chi connectivity index (χ2n) is 6.76. The monoisotopic (exact) mass is 366 g/mol. The normalized spacial score (nSPS) is 14.0. The van der Waals surface area contributed by atoms with Crippen molar-refractivity contribution in [3.8, 4) is 0 Å². The van der Waals surface area contributed by atoms with Crippen LogP contribution >= 0.6 is 11.8 Å². The molecule has 0 bridgehead atoms. The standard InChI is InChI=1S/C22H26N2OS/c1-16-6-7-17(2)21(12-16)26-15-19-4-3-5-20(13-19)22(25)24-14-18-8-10-23-11-9-18/h3-8,12-13,23H,9-11,14-15H2,1-2H3,(H,24,25). The van der Waals surface area contributed by atoms with E-state index in [4.69, 9.17) is 0 Å². The van der Waals surface area contributed by atoms with E-state index in [1.54, 1.807) is 0 Å². The maximum atomic E-state index is 12.5. The maximum absolute atomic E-state index is 12.5. The average molecular weight is 367 g/mol. The van der Waals surface area contributed by atoms with E-state index in [1.807, 2.05) is 30.0 Å². The summed E-state index contributed by atoms with van der Waals surface area (Å²) in [5.41, 5.74) is 5.78. The molecular formula is C22H26N2OS. The molecule has 0 radical (unpaired) electrons. The van der Waals surface area contributed by atoms with Gasteiger partial charge in [-0.15, -0.1) is 11.8 Å². The van der Waals surface area contributed by atoms with Gasteiger partial charge < -0.3 is 10.6 Å². The molecule has 0 fully saturated rings. The molecule has 26 heavy (non-hydrogen) atoms. The van der Waals surface area contributed by atoms with Crippen LogP contribution in [0.3, 0.4) is 0 Å². The molecule has 4 heteroatoms. The summed E-state index contributed by atoms with van der Waals surface area (Å²) in [5, 5.41) is 6.33. The summed E-state index contributed by atoms with van der Waals surface area (Å²) < 4.78 is 0. The minimum absolute atomic E-state index is 0.00280. The molecular weight excluding hydrogens is 340 g/mol. The van der Waals surface area contributed by atoms with E-state index < -0.39 is 0 Å². The van der Waals surface area contributed by atoms with Gasteiger partial charge in [0.25, 0.3) is 5.91 Å². The Kier molecular flexibility index (Phi) is 6.53. The fraction of sp³-hybridized carbons (Fsp3) is 0.318. The van der Waals surface area contributed by atoms with Crippen LogP contribution in [0.15, 0.2) is 59.0 Å². The molecule has 0 unspecified atom stereocenters. The fourth-order valence-electron chi connectivity index (χ4n) is 2.95. The van der Waals surface area contributed by atoms with Crippen molar-refractivity contribution in [3.05, 3.63) is 76.4 Å². The minimum atomic E-state index is 0.00280. The molecule has 0 spiro atoms. The van der Waals surface area contributed by atoms with Gasteiger partial charge in [-0.1, -0.05) is 41.5 Å². The zero-order valence-electron chi connectivity index (χ0n) is 15.5. The number of amides is 1. The molecule has 0 aromatic heterocycles. The van der Waals surface area contributed by atoms with Gasteiger partial charge in [0.05, 0.1) is 0 Å². The van der Waals surface area contributed by atoms with Crippen molar-refractivity contribution in [2.75, 3.05) is 19.6 Å². The van der Waals surface area contributed by atoms with Gasteiger partial charge in [0.15, 0.2) is 0 Å². The van der Waals surface area contributed by atoms with Crippen molar-refractivity contribution in [2.24, 2.45) is 0 Å². The Morgan fingerprint density at radius 1 is 1.19 bits per heavy atom. The summed E-state index contributed by atoms with van der Waals surface area (Å²) in [6.45, 7) is 6.79. The quantitative estimate of drug-likeness (QED) is 0.593. The maximum Gasteiger partial charge on any atom is 0.251 e. The van der Waals surface area contributed by atoms with E-state index >= 15 is 0 Å². The highest BCUT2D eigenvalue weighted by atomic mass is 32.2. The summed E-state index contributed by atoms with van der Waals surface area (Å²) in [4.78, 5) is 13.8. The molecule has 0 aliphatic carbocycles. The molecule has 0 atom stereocenters. The molecule has 3 rings (SSSR count). The van der Waals surface area contributed by atoms with E-state index in [9.17, 15) is 4.79 Å². The van der Waals surface area contributed by atoms with Crippen LogP contribution in [-0.4, -0.2) is 25.5 Å². The van der Waals surface area contributed by atoms with Gasteiger partial charge in [-0.05, 0) is 56.1 Å². The van der Waals surface area contributed by atoms with Crippen molar-refractivity contribution >= 4 is 17.7 Å². The molecule has 0 saturated carbocycles. The van der Waals surface area contributed by atoms with Crippen LogP contribution in [0.25, 0.3) is 0 Å². The van der Waals surface area contributed by atoms with Crippen LogP contribution < -0.4 is 10.6 Å². The Balaban J connectivity index is 1.59. The molecule has 136 valence electrons. The summed E-state index contributed by atoms with van der Waals surface area (Å²) in [5.74, 6) is 0.866. The predicted molar refractivity (Wildman–Crippen MR) is 110 cm³/mol. The first kappa shape index (κ1) is 18.7. The Labute approximate surface area is 160 Å². The first-order valence-corrected chi connectivity index (χ1v) is 10.1. The fourth-order valence-corrected chi connectivity index (χ4v) is 4.02. The average Bonchev–Trinajstić information content (AvgIpc) is 2.68. The summed E-state index contributed by atoms with van der Waals surface area (Å²) in [7, 11) is 0. The van der Waals surface area contributed by atoms with Crippen LogP contribution in [0.1, 0.15) is 33.5 Å². The number of hydrogen-bond donors (Lipinski definition) is 2. The molecule has 3 nitrogen and oxygen atoms in total. The second-order valence-corrected chi connectivity index (χ2v) is 7.77. The van der Waals surface area contributed by atoms with Crippen molar-refractivity contribution in [1.82, 2.24) is 10.6 Å². The molecule has 2 N–H and O–H groups in total. The van der Waals surface area contributed by atoms with Gasteiger partial charge in [0, 0.05) is 29.3 Å². The zero-order valence-corrected chi connectivity index (χ0v) is 16.3. The van der Waals surface area contributed by atoms with Crippen molar-refractivity contribution in [1.29, 1.82) is 0 Å². The predicted octanol–water partition coefficient (Wildman–Crippen LogP) is 4.25. The van der Waals surface area contributed by atoms with Crippen LogP contribution in [0.5, 0.6) is 0 Å². The number of rotatable bonds is 6. The van der Waals surface area contributed by atoms with Gasteiger partial charge in [-0.2, -0.15) is 0 Å². The number of carbonyl (C=O) groups excluding carboxylic acids is 1. The summed E-state index contributed by atoms with van der Waals surface area (Å²) in [6, 6.07) is 14.5. The number of hydrogen-bond acceptors (Lipinski definition) is 3. The van der Waals surface area contributed by atoms with Crippen molar-refractivity contribution in [2.45, 2.75) is 30.9 Å². The molecule has 1 aliphatic heterocycles. The summed E-state index contributed by atoms with van der Waals surface area (Å²) >= 11 is 1.82. The van der Waals surface area contributed by atoms with Crippen LogP contribution in [0, 0.1) is 13.8 Å². The lowest BCUT2D eigenvalue weighted by molar-refractivity contribution is 0.0956. The second kappa shape index (κ2) is 9.06. The molecule has 1 amide bonds. The number of aryl methyl sites for hydroxylation is 2. The lowest BCUT2D eigenvalue weighted by Gasteiger charge is -2.14. The van der Waals surface area contributed by atoms with Gasteiger partial charge in [-0.3, -0.25) is 4.79 Å². The molecule has 0 saturated heterocycles. The van der Waals surface area contributed by atoms with Gasteiger partial charge in [0.2, 0.25) is 0 Å². The van der Waals surface area contributed by atoms with E-state index in [0.717, 1.165) is 30.8 Å². The van der Waals surface area contributed by atoms with Gasteiger partial charge in [-0.25, -0.2) is 0 Å². The Hall–Kier alpha value is -2.04. The zero-order chi connectivity index (χ0) is 18.4. The smallest absolute Gasteiger partial charge is 0.251 e. The van der Waals surface area contributed by atoms with E-state index in [-0.39, 0.29) is 5.91 Å². The largest absolute Gasteiger partial charge is 0.348 e. The van der Waals surface area contributed by atoms with E-state index in [1.165, 1.54) is 27.2 Å². The van der Waals surface area contributed by atoms with E-state index in [0.29, 0.717) is 6.54 Å². The third-order valence-corrected chi connectivity index (χ3v) is 5.79. The van der Waals surface area contributed by atoms with Gasteiger partial charge in [0.1, 0.15) is 0 Å². The van der Waals surface area contributed by atoms with Crippen molar-refractivity contribution < 1.29 is 4.79 Å². The van der Waals surface area contributed by atoms with Crippen molar-refractivity contribution in [3.63, 3.8) is 0 Å². The lowest BCUT2D eigenvalue weighted by atomic mass is 10.1. The molecule has 2 aromatic carbocycles. The van der Waals surface area contributed by atoms with Crippen LogP contribution in [0.4, 0.5) is 0 Å². The van der Waals surface area contributed by atoms with Crippen LogP contribution in [-0.2, 0) is 5.75 Å². The lowest BCUT2D eigenvalue weighted by Crippen LogP contribution is -2.29. The third kappa shape index (κ3) is 5.23. The number of thioether (sulfide) groups is 1. The Bertz CT molecular complexity index is 814. The highest BCUT2D eigenvalue weighted by Gasteiger charge is 2.09. The highest BCUT2D eigenvalue weighted by Crippen LogP contribution is 2.27. The first-order valence-electron chi connectivity index (χ1n) is 9.07. The van der Waals surface area contributed by atoms with Gasteiger partial charge >= 0.3 is 0 Å². The molecule has 2 aromatic rings. The Morgan fingerprint density at radius 2 is 2.08 bits per heavy atom. The topological polar surface area (TPSA) is 41.1 Å². The van der Waals surface area contributed by atoms with E-state index in [2.05, 4.69) is 54.8 Å². The molecule has 1 aliphatic rings. The van der Waals surface area contributed by atoms with Crippen LogP contribution in [0.2, 0.25) is 0 Å². The number of carbonyl (C=O) groups is 1. The Morgan fingerprint density at radius 3 is 2.88 bits per heavy atom. The summed E-state index contributed by atoms with van der Waals surface area (Å²) in [6.07, 6.45) is 3.17. The highest BCUT2D eigenvalue weighted by molar-refractivity contribution is 7.98. The molecule has 1 heterocycles.